The highest BCUT2D eigenvalue weighted by atomic mass is 32.1. The Labute approximate surface area is 98.2 Å². The zero-order valence-corrected chi connectivity index (χ0v) is 10.1. The zero-order valence-electron chi connectivity index (χ0n) is 9.32. The van der Waals surface area contributed by atoms with Crippen LogP contribution in [0.1, 0.15) is 42.4 Å². The van der Waals surface area contributed by atoms with Crippen LogP contribution in [0.3, 0.4) is 0 Å². The monoisotopic (exact) mass is 241 g/mol. The van der Waals surface area contributed by atoms with Gasteiger partial charge in [0.05, 0.1) is 23.9 Å². The minimum absolute atomic E-state index is 0.0982. The van der Waals surface area contributed by atoms with Gasteiger partial charge in [0, 0.05) is 11.3 Å². The Morgan fingerprint density at radius 2 is 2.44 bits per heavy atom. The molecule has 0 saturated heterocycles. The van der Waals surface area contributed by atoms with Gasteiger partial charge in [-0.05, 0) is 19.8 Å². The topological polar surface area (TPSA) is 63.2 Å². The van der Waals surface area contributed by atoms with E-state index in [-0.39, 0.29) is 12.1 Å². The molecule has 1 aromatic heterocycles. The Bertz CT molecular complexity index is 376. The van der Waals surface area contributed by atoms with Crippen molar-refractivity contribution in [1.82, 2.24) is 15.8 Å². The van der Waals surface area contributed by atoms with Crippen LogP contribution >= 0.6 is 11.3 Å². The van der Waals surface area contributed by atoms with Crippen LogP contribution in [-0.2, 0) is 4.84 Å². The van der Waals surface area contributed by atoms with Crippen LogP contribution in [0.2, 0.25) is 0 Å². The molecule has 1 aliphatic carbocycles. The molecule has 1 fully saturated rings. The van der Waals surface area contributed by atoms with Crippen molar-refractivity contribution in [3.63, 3.8) is 0 Å². The van der Waals surface area contributed by atoms with Gasteiger partial charge >= 0.3 is 6.03 Å². The Morgan fingerprint density at radius 3 is 3.06 bits per heavy atom. The fourth-order valence-corrected chi connectivity index (χ4v) is 2.49. The fourth-order valence-electron chi connectivity index (χ4n) is 1.41. The molecule has 1 saturated carbocycles. The maximum atomic E-state index is 11.2. The van der Waals surface area contributed by atoms with E-state index in [1.165, 1.54) is 25.0 Å². The van der Waals surface area contributed by atoms with E-state index in [4.69, 9.17) is 0 Å². The van der Waals surface area contributed by atoms with Crippen LogP contribution in [-0.4, -0.2) is 18.1 Å². The average Bonchev–Trinajstić information content (AvgIpc) is 2.96. The van der Waals surface area contributed by atoms with Crippen LogP contribution in [0, 0.1) is 0 Å². The number of urea groups is 1. The lowest BCUT2D eigenvalue weighted by Crippen LogP contribution is -2.36. The first-order chi connectivity index (χ1) is 7.70. The van der Waals surface area contributed by atoms with Crippen LogP contribution in [0.5, 0.6) is 0 Å². The Hall–Kier alpha value is -1.14. The number of carbonyl (C=O) groups excluding carboxylic acids is 1. The van der Waals surface area contributed by atoms with Crippen LogP contribution in [0.15, 0.2) is 5.38 Å². The van der Waals surface area contributed by atoms with E-state index in [0.29, 0.717) is 5.92 Å². The number of rotatable bonds is 4. The molecule has 2 rings (SSSR count). The summed E-state index contributed by atoms with van der Waals surface area (Å²) in [5, 5.41) is 5.93. The highest BCUT2D eigenvalue weighted by molar-refractivity contribution is 7.09. The minimum Gasteiger partial charge on any atom is -0.328 e. The van der Waals surface area contributed by atoms with E-state index in [9.17, 15) is 4.79 Å². The molecule has 1 aliphatic rings. The van der Waals surface area contributed by atoms with Gasteiger partial charge in [0.1, 0.15) is 0 Å². The SMILES string of the molecule is CONC(=O)N[C@H](C)c1csc(C2CC2)n1. The predicted octanol–water partition coefficient (Wildman–Crippen LogP) is 1.94. The smallest absolute Gasteiger partial charge is 0.328 e. The summed E-state index contributed by atoms with van der Waals surface area (Å²) in [4.78, 5) is 20.2. The zero-order chi connectivity index (χ0) is 11.5. The predicted molar refractivity (Wildman–Crippen MR) is 61.2 cm³/mol. The Kier molecular flexibility index (Phi) is 3.40. The molecule has 0 aliphatic heterocycles. The first-order valence-corrected chi connectivity index (χ1v) is 6.13. The van der Waals surface area contributed by atoms with Gasteiger partial charge in [0.15, 0.2) is 0 Å². The molecule has 1 heterocycles. The summed E-state index contributed by atoms with van der Waals surface area (Å²) in [5.41, 5.74) is 3.13. The molecule has 1 atom stereocenters. The molecule has 0 unspecified atom stereocenters. The summed E-state index contributed by atoms with van der Waals surface area (Å²) in [5.74, 6) is 0.666. The summed E-state index contributed by atoms with van der Waals surface area (Å²) in [6.45, 7) is 1.90. The van der Waals surface area contributed by atoms with Crippen molar-refractivity contribution < 1.29 is 9.63 Å². The third kappa shape index (κ3) is 2.70. The van der Waals surface area contributed by atoms with Crippen molar-refractivity contribution in [2.45, 2.75) is 31.7 Å². The molecule has 16 heavy (non-hydrogen) atoms. The Morgan fingerprint density at radius 1 is 1.69 bits per heavy atom. The molecule has 2 amide bonds. The number of carbonyl (C=O) groups is 1. The van der Waals surface area contributed by atoms with Crippen molar-refractivity contribution in [3.8, 4) is 0 Å². The van der Waals surface area contributed by atoms with E-state index < -0.39 is 0 Å². The van der Waals surface area contributed by atoms with Crippen molar-refractivity contribution in [1.29, 1.82) is 0 Å². The number of aromatic nitrogens is 1. The summed E-state index contributed by atoms with van der Waals surface area (Å²) < 4.78 is 0. The lowest BCUT2D eigenvalue weighted by Gasteiger charge is -2.11. The number of amides is 2. The lowest BCUT2D eigenvalue weighted by molar-refractivity contribution is 0.106. The van der Waals surface area contributed by atoms with Crippen LogP contribution in [0.4, 0.5) is 4.79 Å². The normalized spacial score (nSPS) is 16.9. The van der Waals surface area contributed by atoms with Gasteiger partial charge < -0.3 is 5.32 Å². The molecular weight excluding hydrogens is 226 g/mol. The number of nitrogens with one attached hydrogen (secondary N) is 2. The summed E-state index contributed by atoms with van der Waals surface area (Å²) >= 11 is 1.67. The lowest BCUT2D eigenvalue weighted by atomic mass is 10.2. The molecule has 88 valence electrons. The molecule has 0 spiro atoms. The van der Waals surface area contributed by atoms with Crippen molar-refractivity contribution in [2.75, 3.05) is 7.11 Å². The maximum Gasteiger partial charge on any atom is 0.339 e. The van der Waals surface area contributed by atoms with Gasteiger partial charge in [0.2, 0.25) is 0 Å². The van der Waals surface area contributed by atoms with Gasteiger partial charge in [-0.1, -0.05) is 0 Å². The second kappa shape index (κ2) is 4.80. The molecule has 2 N–H and O–H groups in total. The first-order valence-electron chi connectivity index (χ1n) is 5.25. The number of nitrogens with zero attached hydrogens (tertiary/aromatic N) is 1. The van der Waals surface area contributed by atoms with E-state index in [0.717, 1.165) is 5.69 Å². The number of hydrogen-bond donors (Lipinski definition) is 2. The highest BCUT2D eigenvalue weighted by Crippen LogP contribution is 2.41. The van der Waals surface area contributed by atoms with Crippen LogP contribution in [0.25, 0.3) is 0 Å². The maximum absolute atomic E-state index is 11.2. The van der Waals surface area contributed by atoms with Gasteiger partial charge in [0.25, 0.3) is 0 Å². The van der Waals surface area contributed by atoms with Crippen molar-refractivity contribution in [2.24, 2.45) is 0 Å². The molecule has 0 bridgehead atoms. The highest BCUT2D eigenvalue weighted by Gasteiger charge is 2.27. The summed E-state index contributed by atoms with van der Waals surface area (Å²) in [6.07, 6.45) is 2.50. The van der Waals surface area contributed by atoms with Gasteiger partial charge in [-0.25, -0.2) is 15.3 Å². The first kappa shape index (κ1) is 11.3. The molecule has 0 aromatic carbocycles. The van der Waals surface area contributed by atoms with Gasteiger partial charge in [-0.15, -0.1) is 11.3 Å². The second-order valence-corrected chi connectivity index (χ2v) is 4.78. The quantitative estimate of drug-likeness (QED) is 0.792. The molecule has 1 aromatic rings. The molecule has 5 nitrogen and oxygen atoms in total. The van der Waals surface area contributed by atoms with Crippen LogP contribution < -0.4 is 10.8 Å². The largest absolute Gasteiger partial charge is 0.339 e. The fraction of sp³-hybridized carbons (Fsp3) is 0.600. The Balaban J connectivity index is 1.91. The third-order valence-electron chi connectivity index (χ3n) is 2.45. The van der Waals surface area contributed by atoms with Crippen molar-refractivity contribution in [3.05, 3.63) is 16.1 Å². The standard InChI is InChI=1S/C10H15N3O2S/c1-6(11-10(14)13-15-2)8-5-16-9(12-8)7-3-4-7/h5-7H,3-4H2,1-2H3,(H2,11,13,14)/t6-/m1/s1. The van der Waals surface area contributed by atoms with E-state index >= 15 is 0 Å². The van der Waals surface area contributed by atoms with E-state index in [1.807, 2.05) is 12.3 Å². The third-order valence-corrected chi connectivity index (χ3v) is 3.48. The van der Waals surface area contributed by atoms with Gasteiger partial charge in [-0.2, -0.15) is 0 Å². The average molecular weight is 241 g/mol. The molecule has 0 radical (unpaired) electrons. The minimum atomic E-state index is -0.351. The van der Waals surface area contributed by atoms with Gasteiger partial charge in [-0.3, -0.25) is 4.84 Å². The summed E-state index contributed by atoms with van der Waals surface area (Å²) in [6, 6.07) is -0.449. The number of hydrogen-bond acceptors (Lipinski definition) is 4. The number of hydroxylamine groups is 1. The molecular formula is C10H15N3O2S. The molecule has 6 heteroatoms. The number of thiazole rings is 1. The van der Waals surface area contributed by atoms with E-state index in [1.54, 1.807) is 11.3 Å². The summed E-state index contributed by atoms with van der Waals surface area (Å²) in [7, 11) is 1.40. The van der Waals surface area contributed by atoms with Crippen molar-refractivity contribution >= 4 is 17.4 Å². The van der Waals surface area contributed by atoms with E-state index in [2.05, 4.69) is 20.6 Å². The second-order valence-electron chi connectivity index (χ2n) is 3.89.